The van der Waals surface area contributed by atoms with Gasteiger partial charge in [0, 0.05) is 41.5 Å². The lowest BCUT2D eigenvalue weighted by molar-refractivity contribution is 0.415. The lowest BCUT2D eigenvalue weighted by Crippen LogP contribution is -2.19. The second-order valence-corrected chi connectivity index (χ2v) is 8.39. The van der Waals surface area contributed by atoms with Gasteiger partial charge in [0.1, 0.15) is 22.8 Å². The van der Waals surface area contributed by atoms with Gasteiger partial charge in [-0.15, -0.1) is 0 Å². The number of nitriles is 1. The molecule has 1 atom stereocenters. The molecule has 0 amide bonds. The van der Waals surface area contributed by atoms with E-state index in [0.717, 1.165) is 59.5 Å². The van der Waals surface area contributed by atoms with E-state index >= 15 is 0 Å². The highest BCUT2D eigenvalue weighted by molar-refractivity contribution is 7.86. The van der Waals surface area contributed by atoms with Crippen LogP contribution in [0.5, 0.6) is 5.75 Å². The number of methoxy groups -OCH3 is 1. The summed E-state index contributed by atoms with van der Waals surface area (Å²) in [5, 5.41) is 10.9. The van der Waals surface area contributed by atoms with Crippen LogP contribution in [-0.2, 0) is 17.5 Å². The molecule has 0 aliphatic carbocycles. The first kappa shape index (κ1) is 18.6. The van der Waals surface area contributed by atoms with Gasteiger partial charge < -0.3 is 9.30 Å². The number of anilines is 1. The van der Waals surface area contributed by atoms with E-state index in [1.165, 1.54) is 0 Å². The molecule has 0 spiro atoms. The van der Waals surface area contributed by atoms with E-state index in [2.05, 4.69) is 23.6 Å². The summed E-state index contributed by atoms with van der Waals surface area (Å²) in [7, 11) is 0.687. The maximum absolute atomic E-state index is 12.3. The van der Waals surface area contributed by atoms with Crippen LogP contribution in [0.2, 0.25) is 0 Å². The van der Waals surface area contributed by atoms with Crippen molar-refractivity contribution in [1.29, 1.82) is 5.26 Å². The number of aryl methyl sites for hydroxylation is 1. The molecule has 144 valence electrons. The molecule has 1 aliphatic heterocycles. The fraction of sp³-hybridized carbons (Fsp3) is 0.318. The van der Waals surface area contributed by atoms with E-state index in [-0.39, 0.29) is 0 Å². The van der Waals surface area contributed by atoms with E-state index < -0.39 is 11.0 Å². The lowest BCUT2D eigenvalue weighted by atomic mass is 10.1. The molecule has 2 heterocycles. The number of aromatic nitrogens is 1. The van der Waals surface area contributed by atoms with Crippen molar-refractivity contribution in [2.75, 3.05) is 23.7 Å². The van der Waals surface area contributed by atoms with Crippen molar-refractivity contribution < 1.29 is 8.95 Å². The molecule has 1 saturated heterocycles. The molecule has 0 radical (unpaired) electrons. The monoisotopic (exact) mass is 393 g/mol. The second kappa shape index (κ2) is 7.69. The zero-order valence-electron chi connectivity index (χ0n) is 16.1. The molecular weight excluding hydrogens is 370 g/mol. The Balaban J connectivity index is 1.94. The molecule has 0 bridgehead atoms. The van der Waals surface area contributed by atoms with Gasteiger partial charge in [0.2, 0.25) is 0 Å². The van der Waals surface area contributed by atoms with E-state index in [1.54, 1.807) is 7.11 Å². The van der Waals surface area contributed by atoms with Gasteiger partial charge in [0.25, 0.3) is 0 Å². The number of hydrogen-bond donors (Lipinski definition) is 0. The molecular formula is C22H23N3O2S. The molecule has 2 aromatic carbocycles. The lowest BCUT2D eigenvalue weighted by Gasteiger charge is -2.18. The minimum absolute atomic E-state index is 0.672. The van der Waals surface area contributed by atoms with Gasteiger partial charge in [-0.05, 0) is 37.1 Å². The molecule has 3 aromatic rings. The molecule has 0 N–H and O–H groups in total. The summed E-state index contributed by atoms with van der Waals surface area (Å²) in [5.41, 5.74) is 4.51. The summed E-state index contributed by atoms with van der Waals surface area (Å²) in [5.74, 6) is 1.49. The summed E-state index contributed by atoms with van der Waals surface area (Å²) in [4.78, 5) is 0. The van der Waals surface area contributed by atoms with E-state index in [4.69, 9.17) is 4.74 Å². The SMILES string of the molecule is CCCn1c(-c2cccc(N3CCCS3=O)c2)c(C#N)c2ccc(OC)cc21. The molecule has 28 heavy (non-hydrogen) atoms. The zero-order valence-corrected chi connectivity index (χ0v) is 17.0. The molecule has 1 unspecified atom stereocenters. The number of hydrogen-bond acceptors (Lipinski definition) is 3. The van der Waals surface area contributed by atoms with Crippen molar-refractivity contribution in [2.45, 2.75) is 26.3 Å². The summed E-state index contributed by atoms with van der Waals surface area (Å²) >= 11 is 0. The Bertz CT molecular complexity index is 1100. The molecule has 1 aliphatic rings. The topological polar surface area (TPSA) is 58.3 Å². The van der Waals surface area contributed by atoms with Crippen molar-refractivity contribution in [3.05, 3.63) is 48.0 Å². The fourth-order valence-corrected chi connectivity index (χ4v) is 5.20. The van der Waals surface area contributed by atoms with Gasteiger partial charge >= 0.3 is 0 Å². The number of ether oxygens (including phenoxy) is 1. The van der Waals surface area contributed by atoms with E-state index in [0.29, 0.717) is 11.3 Å². The normalized spacial score (nSPS) is 16.5. The largest absolute Gasteiger partial charge is 0.497 e. The van der Waals surface area contributed by atoms with Crippen LogP contribution in [0, 0.1) is 11.3 Å². The molecule has 1 fully saturated rings. The predicted octanol–water partition coefficient (Wildman–Crippen LogP) is 4.47. The van der Waals surface area contributed by atoms with Crippen LogP contribution < -0.4 is 9.04 Å². The average Bonchev–Trinajstić information content (AvgIpc) is 3.29. The summed E-state index contributed by atoms with van der Waals surface area (Å²) in [6, 6.07) is 16.3. The van der Waals surface area contributed by atoms with Crippen LogP contribution in [-0.4, -0.2) is 28.2 Å². The first-order valence-electron chi connectivity index (χ1n) is 9.54. The highest BCUT2D eigenvalue weighted by atomic mass is 32.2. The van der Waals surface area contributed by atoms with Gasteiger partial charge in [-0.25, -0.2) is 4.21 Å². The van der Waals surface area contributed by atoms with Crippen LogP contribution in [0.3, 0.4) is 0 Å². The number of benzene rings is 2. The fourth-order valence-electron chi connectivity index (χ4n) is 3.92. The van der Waals surface area contributed by atoms with Gasteiger partial charge in [0.15, 0.2) is 0 Å². The number of rotatable bonds is 5. The summed E-state index contributed by atoms with van der Waals surface area (Å²) in [6.45, 7) is 3.74. The molecule has 0 saturated carbocycles. The van der Waals surface area contributed by atoms with Crippen molar-refractivity contribution in [2.24, 2.45) is 0 Å². The first-order chi connectivity index (χ1) is 13.7. The Morgan fingerprint density at radius 2 is 2.11 bits per heavy atom. The smallest absolute Gasteiger partial charge is 0.120 e. The second-order valence-electron chi connectivity index (χ2n) is 6.90. The van der Waals surface area contributed by atoms with Gasteiger partial charge in [-0.2, -0.15) is 5.26 Å². The molecule has 5 nitrogen and oxygen atoms in total. The Morgan fingerprint density at radius 1 is 1.25 bits per heavy atom. The summed E-state index contributed by atoms with van der Waals surface area (Å²) in [6.07, 6.45) is 1.89. The predicted molar refractivity (Wildman–Crippen MR) is 114 cm³/mol. The Labute approximate surface area is 167 Å². The van der Waals surface area contributed by atoms with Crippen LogP contribution in [0.1, 0.15) is 25.3 Å². The van der Waals surface area contributed by atoms with Crippen molar-refractivity contribution >= 4 is 27.6 Å². The Morgan fingerprint density at radius 3 is 2.79 bits per heavy atom. The van der Waals surface area contributed by atoms with Crippen molar-refractivity contribution in [3.8, 4) is 23.1 Å². The molecule has 4 rings (SSSR count). The number of nitrogens with zero attached hydrogens (tertiary/aromatic N) is 3. The zero-order chi connectivity index (χ0) is 19.7. The third-order valence-corrected chi connectivity index (χ3v) is 6.69. The van der Waals surface area contributed by atoms with Gasteiger partial charge in [-0.1, -0.05) is 19.1 Å². The first-order valence-corrected chi connectivity index (χ1v) is 10.8. The highest BCUT2D eigenvalue weighted by Crippen LogP contribution is 2.37. The minimum atomic E-state index is -0.966. The minimum Gasteiger partial charge on any atom is -0.497 e. The van der Waals surface area contributed by atoms with Crippen LogP contribution in [0.15, 0.2) is 42.5 Å². The highest BCUT2D eigenvalue weighted by Gasteiger charge is 2.23. The van der Waals surface area contributed by atoms with Crippen LogP contribution in [0.4, 0.5) is 5.69 Å². The van der Waals surface area contributed by atoms with E-state index in [9.17, 15) is 9.47 Å². The van der Waals surface area contributed by atoms with Crippen molar-refractivity contribution in [3.63, 3.8) is 0 Å². The van der Waals surface area contributed by atoms with Crippen LogP contribution in [0.25, 0.3) is 22.2 Å². The Hall–Kier alpha value is -2.78. The number of fused-ring (bicyclic) bond motifs is 1. The quantitative estimate of drug-likeness (QED) is 0.642. The molecule has 1 aromatic heterocycles. The Kier molecular flexibility index (Phi) is 5.10. The van der Waals surface area contributed by atoms with Crippen LogP contribution >= 0.6 is 0 Å². The maximum atomic E-state index is 12.3. The maximum Gasteiger partial charge on any atom is 0.120 e. The van der Waals surface area contributed by atoms with E-state index in [1.807, 2.05) is 40.7 Å². The average molecular weight is 394 g/mol. The molecule has 6 heteroatoms. The standard InChI is InChI=1S/C22H23N3O2S/c1-3-10-24-21-14-18(27-2)8-9-19(21)20(15-23)22(24)16-6-4-7-17(13-16)25-11-5-12-28(25)26/h4,6-9,13-14H,3,5,10-12H2,1-2H3. The van der Waals surface area contributed by atoms with Gasteiger partial charge in [0.05, 0.1) is 23.9 Å². The summed E-state index contributed by atoms with van der Waals surface area (Å²) < 4.78 is 21.9. The third-order valence-electron chi connectivity index (χ3n) is 5.16. The third kappa shape index (κ3) is 3.06. The van der Waals surface area contributed by atoms with Gasteiger partial charge in [-0.3, -0.25) is 4.31 Å². The van der Waals surface area contributed by atoms with Crippen molar-refractivity contribution in [1.82, 2.24) is 4.57 Å².